The number of methoxy groups -OCH3 is 2. The maximum absolute atomic E-state index is 9.33. The topological polar surface area (TPSA) is 48.7 Å². The highest BCUT2D eigenvalue weighted by molar-refractivity contribution is 9.10. The van der Waals surface area contributed by atoms with Crippen LogP contribution in [0.3, 0.4) is 0 Å². The Morgan fingerprint density at radius 2 is 1.97 bits per heavy atom. The van der Waals surface area contributed by atoms with Crippen molar-refractivity contribution in [3.8, 4) is 17.6 Å². The van der Waals surface area contributed by atoms with E-state index < -0.39 is 0 Å². The second-order valence-electron chi connectivity index (χ2n) is 8.41. The first-order valence-corrected chi connectivity index (χ1v) is 13.1. The van der Waals surface area contributed by atoms with Gasteiger partial charge in [0.2, 0.25) is 0 Å². The van der Waals surface area contributed by atoms with Gasteiger partial charge in [-0.15, -0.1) is 11.3 Å². The van der Waals surface area contributed by atoms with Gasteiger partial charge in [0.15, 0.2) is 11.5 Å². The Kier molecular flexibility index (Phi) is 8.05. The maximum Gasteiger partial charge on any atom is 0.161 e. The summed E-state index contributed by atoms with van der Waals surface area (Å²) < 4.78 is 12.0. The zero-order valence-electron chi connectivity index (χ0n) is 19.5. The molecule has 1 saturated heterocycles. The largest absolute Gasteiger partial charge is 0.493 e. The smallest absolute Gasteiger partial charge is 0.161 e. The molecule has 3 aromatic rings. The van der Waals surface area contributed by atoms with E-state index in [9.17, 15) is 5.26 Å². The van der Waals surface area contributed by atoms with Crippen molar-refractivity contribution in [1.29, 1.82) is 5.26 Å². The molecule has 0 bridgehead atoms. The van der Waals surface area contributed by atoms with Gasteiger partial charge in [-0.2, -0.15) is 5.26 Å². The number of ether oxygens (including phenoxy) is 2. The third kappa shape index (κ3) is 5.36. The second-order valence-corrected chi connectivity index (χ2v) is 10.7. The Morgan fingerprint density at radius 1 is 1.21 bits per heavy atom. The van der Waals surface area contributed by atoms with Gasteiger partial charge < -0.3 is 14.4 Å². The Balaban J connectivity index is 1.64. The number of hydrogen-bond donors (Lipinski definition) is 0. The molecule has 1 aliphatic rings. The third-order valence-electron chi connectivity index (χ3n) is 6.32. The van der Waals surface area contributed by atoms with Crippen LogP contribution in [-0.4, -0.2) is 38.3 Å². The normalized spacial score (nSPS) is 15.8. The lowest BCUT2D eigenvalue weighted by atomic mass is 10.1. The highest BCUT2D eigenvalue weighted by Crippen LogP contribution is 2.36. The van der Waals surface area contributed by atoms with Gasteiger partial charge in [-0.3, -0.25) is 4.90 Å². The van der Waals surface area contributed by atoms with Crippen molar-refractivity contribution in [2.45, 2.75) is 32.5 Å². The molecule has 8 heteroatoms. The molecule has 2 aromatic carbocycles. The van der Waals surface area contributed by atoms with Crippen LogP contribution in [0.25, 0.3) is 0 Å². The van der Waals surface area contributed by atoms with E-state index >= 15 is 0 Å². The lowest BCUT2D eigenvalue weighted by Crippen LogP contribution is -2.37. The monoisotopic (exact) mass is 559 g/mol. The summed E-state index contributed by atoms with van der Waals surface area (Å²) in [5, 5.41) is 12.0. The zero-order valence-corrected chi connectivity index (χ0v) is 22.6. The average molecular weight is 561 g/mol. The molecule has 0 unspecified atom stereocenters. The highest BCUT2D eigenvalue weighted by Gasteiger charge is 2.29. The minimum atomic E-state index is 0.310. The van der Waals surface area contributed by atoms with Gasteiger partial charge >= 0.3 is 0 Å². The number of anilines is 1. The first-order chi connectivity index (χ1) is 16.4. The van der Waals surface area contributed by atoms with Crippen LogP contribution in [0.1, 0.15) is 28.0 Å². The van der Waals surface area contributed by atoms with Crippen molar-refractivity contribution >= 4 is 44.6 Å². The maximum atomic E-state index is 9.33. The second kappa shape index (κ2) is 11.0. The molecule has 1 atom stereocenters. The van der Waals surface area contributed by atoms with E-state index in [1.807, 2.05) is 35.6 Å². The molecule has 2 heterocycles. The minimum Gasteiger partial charge on any atom is -0.493 e. The number of benzene rings is 2. The molecular formula is C26H27BrClN3O2S. The summed E-state index contributed by atoms with van der Waals surface area (Å²) in [7, 11) is 3.28. The number of rotatable bonds is 8. The number of nitriles is 1. The van der Waals surface area contributed by atoms with Crippen LogP contribution in [0.2, 0.25) is 5.02 Å². The lowest BCUT2D eigenvalue weighted by Gasteiger charge is -2.32. The summed E-state index contributed by atoms with van der Waals surface area (Å²) in [6.07, 6.45) is 1.05. The van der Waals surface area contributed by atoms with Gasteiger partial charge in [-0.25, -0.2) is 0 Å². The number of halogens is 2. The molecular weight excluding hydrogens is 534 g/mol. The van der Waals surface area contributed by atoms with Gasteiger partial charge in [-0.1, -0.05) is 27.5 Å². The predicted octanol–water partition coefficient (Wildman–Crippen LogP) is 6.64. The molecule has 1 aliphatic heterocycles. The molecule has 0 aliphatic carbocycles. The SMILES string of the molecule is COc1cc(Br)c(CN(c2ccc(C#N)c(Cl)c2)[C@H]2CCN(Cc3sccc3C)C2)cc1OC. The van der Waals surface area contributed by atoms with E-state index in [4.69, 9.17) is 21.1 Å². The standard InChI is InChI=1S/C26H27BrClN3O2S/c1-17-7-9-34-26(17)16-30-8-6-21(15-30)31(20-5-4-18(13-29)23(28)11-20)14-19-10-24(32-2)25(33-3)12-22(19)27/h4-5,7,9-12,21H,6,8,14-16H2,1-3H3/t21-/m0/s1. The summed E-state index contributed by atoms with van der Waals surface area (Å²) in [6, 6.07) is 14.3. The fourth-order valence-electron chi connectivity index (χ4n) is 4.38. The van der Waals surface area contributed by atoms with E-state index in [0.29, 0.717) is 34.7 Å². The number of aryl methyl sites for hydroxylation is 1. The Bertz CT molecular complexity index is 1210. The molecule has 0 N–H and O–H groups in total. The van der Waals surface area contributed by atoms with Gasteiger partial charge in [0.25, 0.3) is 0 Å². The predicted molar refractivity (Wildman–Crippen MR) is 142 cm³/mol. The van der Waals surface area contributed by atoms with Crippen molar-refractivity contribution in [3.05, 3.63) is 72.8 Å². The number of likely N-dealkylation sites (tertiary alicyclic amines) is 1. The summed E-state index contributed by atoms with van der Waals surface area (Å²) in [6.45, 7) is 5.82. The van der Waals surface area contributed by atoms with Gasteiger partial charge in [0.05, 0.1) is 24.8 Å². The summed E-state index contributed by atoms with van der Waals surface area (Å²) in [5.41, 5.74) is 3.94. The molecule has 0 radical (unpaired) electrons. The van der Waals surface area contributed by atoms with Crippen molar-refractivity contribution in [2.75, 3.05) is 32.2 Å². The fourth-order valence-corrected chi connectivity index (χ4v) is 6.00. The highest BCUT2D eigenvalue weighted by atomic mass is 79.9. The van der Waals surface area contributed by atoms with Crippen LogP contribution in [0.15, 0.2) is 46.3 Å². The third-order valence-corrected chi connectivity index (χ3v) is 8.38. The van der Waals surface area contributed by atoms with Crippen LogP contribution in [-0.2, 0) is 13.1 Å². The molecule has 178 valence electrons. The Labute approximate surface area is 218 Å². The summed E-state index contributed by atoms with van der Waals surface area (Å²) in [5.74, 6) is 1.38. The molecule has 5 nitrogen and oxygen atoms in total. The van der Waals surface area contributed by atoms with Crippen molar-refractivity contribution < 1.29 is 9.47 Å². The Hall–Kier alpha value is -2.24. The van der Waals surface area contributed by atoms with Crippen LogP contribution in [0.4, 0.5) is 5.69 Å². The van der Waals surface area contributed by atoms with Gasteiger partial charge in [-0.05, 0) is 66.2 Å². The molecule has 4 rings (SSSR count). The summed E-state index contributed by atoms with van der Waals surface area (Å²) in [4.78, 5) is 6.34. The number of hydrogen-bond acceptors (Lipinski definition) is 6. The van der Waals surface area contributed by atoms with Crippen LogP contribution in [0, 0.1) is 18.3 Å². The van der Waals surface area contributed by atoms with Crippen molar-refractivity contribution in [1.82, 2.24) is 4.90 Å². The van der Waals surface area contributed by atoms with E-state index in [0.717, 1.165) is 41.8 Å². The van der Waals surface area contributed by atoms with Crippen molar-refractivity contribution in [3.63, 3.8) is 0 Å². The van der Waals surface area contributed by atoms with E-state index in [1.54, 1.807) is 20.3 Å². The lowest BCUT2D eigenvalue weighted by molar-refractivity contribution is 0.327. The minimum absolute atomic E-state index is 0.310. The van der Waals surface area contributed by atoms with Crippen molar-refractivity contribution in [2.24, 2.45) is 0 Å². The van der Waals surface area contributed by atoms with E-state index in [1.165, 1.54) is 10.4 Å². The fraction of sp³-hybridized carbons (Fsp3) is 0.346. The zero-order chi connectivity index (χ0) is 24.2. The van der Waals surface area contributed by atoms with Crippen LogP contribution >= 0.6 is 38.9 Å². The van der Waals surface area contributed by atoms with E-state index in [-0.39, 0.29) is 0 Å². The number of nitrogens with zero attached hydrogens (tertiary/aromatic N) is 3. The van der Waals surface area contributed by atoms with E-state index in [2.05, 4.69) is 50.2 Å². The van der Waals surface area contributed by atoms with Crippen LogP contribution < -0.4 is 14.4 Å². The molecule has 34 heavy (non-hydrogen) atoms. The number of thiophene rings is 1. The molecule has 0 spiro atoms. The first-order valence-electron chi connectivity index (χ1n) is 11.1. The molecule has 0 amide bonds. The molecule has 1 aromatic heterocycles. The molecule has 1 fully saturated rings. The van der Waals surface area contributed by atoms with Crippen LogP contribution in [0.5, 0.6) is 11.5 Å². The summed E-state index contributed by atoms with van der Waals surface area (Å²) >= 11 is 12.0. The van der Waals surface area contributed by atoms with Gasteiger partial charge in [0, 0.05) is 47.3 Å². The molecule has 0 saturated carbocycles. The van der Waals surface area contributed by atoms with Gasteiger partial charge in [0.1, 0.15) is 6.07 Å². The average Bonchev–Trinajstić information content (AvgIpc) is 3.47. The quantitative estimate of drug-likeness (QED) is 0.309. The first kappa shape index (κ1) is 24.9. The Morgan fingerprint density at radius 3 is 2.62 bits per heavy atom.